The van der Waals surface area contributed by atoms with Gasteiger partial charge in [-0.3, -0.25) is 4.79 Å². The molecule has 0 saturated carbocycles. The molecule has 0 aromatic heterocycles. The molecule has 0 heterocycles. The third-order valence-corrected chi connectivity index (χ3v) is 4.98. The highest BCUT2D eigenvalue weighted by molar-refractivity contribution is 9.10. The topological polar surface area (TPSA) is 95.5 Å². The fraction of sp³-hybridized carbons (Fsp3) is 0.125. The normalized spacial score (nSPS) is 10.5. The highest BCUT2D eigenvalue weighted by Crippen LogP contribution is 2.38. The Bertz CT molecular complexity index is 1150. The Balaban J connectivity index is 1.69. The van der Waals surface area contributed by atoms with E-state index in [1.807, 2.05) is 0 Å². The van der Waals surface area contributed by atoms with Crippen LogP contribution in [0.3, 0.4) is 0 Å². The first-order valence-corrected chi connectivity index (χ1v) is 10.5. The van der Waals surface area contributed by atoms with Gasteiger partial charge in [0, 0.05) is 10.0 Å². The molecular formula is C24H21BrN2O6. The quantitative estimate of drug-likeness (QED) is 0.207. The van der Waals surface area contributed by atoms with Gasteiger partial charge in [0.2, 0.25) is 5.75 Å². The van der Waals surface area contributed by atoms with Crippen LogP contribution in [-0.2, 0) is 0 Å². The van der Waals surface area contributed by atoms with Gasteiger partial charge in [0.15, 0.2) is 11.5 Å². The van der Waals surface area contributed by atoms with Gasteiger partial charge in [-0.2, -0.15) is 5.10 Å². The van der Waals surface area contributed by atoms with Gasteiger partial charge < -0.3 is 18.9 Å². The second-order valence-corrected chi connectivity index (χ2v) is 7.50. The van der Waals surface area contributed by atoms with E-state index in [0.717, 1.165) is 4.47 Å². The van der Waals surface area contributed by atoms with Gasteiger partial charge in [-0.05, 0) is 54.1 Å². The number of methoxy groups -OCH3 is 3. The number of nitrogens with zero attached hydrogens (tertiary/aromatic N) is 1. The van der Waals surface area contributed by atoms with Crippen molar-refractivity contribution in [1.29, 1.82) is 0 Å². The number of ether oxygens (including phenoxy) is 4. The Kier molecular flexibility index (Phi) is 8.04. The first-order valence-electron chi connectivity index (χ1n) is 9.66. The molecule has 0 spiro atoms. The van der Waals surface area contributed by atoms with E-state index in [1.54, 1.807) is 48.5 Å². The van der Waals surface area contributed by atoms with Crippen molar-refractivity contribution in [3.63, 3.8) is 0 Å². The van der Waals surface area contributed by atoms with E-state index in [9.17, 15) is 9.59 Å². The highest BCUT2D eigenvalue weighted by atomic mass is 79.9. The maximum atomic E-state index is 12.7. The van der Waals surface area contributed by atoms with E-state index in [-0.39, 0.29) is 11.5 Å². The number of carbonyl (C=O) groups is 2. The number of hydrogen-bond donors (Lipinski definition) is 1. The molecule has 0 bridgehead atoms. The minimum Gasteiger partial charge on any atom is -0.493 e. The number of benzene rings is 3. The van der Waals surface area contributed by atoms with Crippen molar-refractivity contribution in [2.75, 3.05) is 21.3 Å². The molecule has 0 fully saturated rings. The predicted octanol–water partition coefficient (Wildman–Crippen LogP) is 4.46. The lowest BCUT2D eigenvalue weighted by Gasteiger charge is -2.13. The summed E-state index contributed by atoms with van der Waals surface area (Å²) >= 11 is 3.32. The Hall–Kier alpha value is -3.85. The summed E-state index contributed by atoms with van der Waals surface area (Å²) in [5.74, 6) is 0.407. The van der Waals surface area contributed by atoms with Crippen LogP contribution < -0.4 is 24.4 Å². The zero-order valence-electron chi connectivity index (χ0n) is 18.1. The largest absolute Gasteiger partial charge is 0.493 e. The van der Waals surface area contributed by atoms with Gasteiger partial charge in [0.1, 0.15) is 5.75 Å². The van der Waals surface area contributed by atoms with Gasteiger partial charge in [-0.15, -0.1) is 0 Å². The number of hydrogen-bond acceptors (Lipinski definition) is 7. The number of hydrazone groups is 1. The molecule has 1 N–H and O–H groups in total. The van der Waals surface area contributed by atoms with E-state index < -0.39 is 5.97 Å². The molecule has 0 saturated heterocycles. The molecule has 0 radical (unpaired) electrons. The van der Waals surface area contributed by atoms with Crippen molar-refractivity contribution in [3.8, 4) is 23.0 Å². The summed E-state index contributed by atoms with van der Waals surface area (Å²) in [5, 5.41) is 3.96. The highest BCUT2D eigenvalue weighted by Gasteiger charge is 2.18. The Morgan fingerprint density at radius 1 is 0.879 bits per heavy atom. The van der Waals surface area contributed by atoms with Crippen molar-refractivity contribution < 1.29 is 28.5 Å². The third kappa shape index (κ3) is 6.11. The molecule has 170 valence electrons. The summed E-state index contributed by atoms with van der Waals surface area (Å²) < 4.78 is 22.2. The Labute approximate surface area is 199 Å². The summed E-state index contributed by atoms with van der Waals surface area (Å²) in [5.41, 5.74) is 3.79. The summed E-state index contributed by atoms with van der Waals surface area (Å²) in [6.07, 6.45) is 1.45. The molecule has 1 amide bonds. The minimum atomic E-state index is -0.605. The van der Waals surface area contributed by atoms with Gasteiger partial charge in [0.05, 0.1) is 33.1 Å². The first kappa shape index (κ1) is 23.8. The summed E-state index contributed by atoms with van der Waals surface area (Å²) in [4.78, 5) is 24.8. The van der Waals surface area contributed by atoms with Crippen LogP contribution in [0.4, 0.5) is 0 Å². The summed E-state index contributed by atoms with van der Waals surface area (Å²) in [7, 11) is 4.40. The Morgan fingerprint density at radius 3 is 2.15 bits per heavy atom. The van der Waals surface area contributed by atoms with Crippen LogP contribution in [0.25, 0.3) is 0 Å². The van der Waals surface area contributed by atoms with Crippen LogP contribution in [0.2, 0.25) is 0 Å². The average Bonchev–Trinajstić information content (AvgIpc) is 2.83. The fourth-order valence-electron chi connectivity index (χ4n) is 2.85. The lowest BCUT2D eigenvalue weighted by molar-refractivity contribution is 0.0733. The second kappa shape index (κ2) is 11.1. The van der Waals surface area contributed by atoms with Gasteiger partial charge in [-0.25, -0.2) is 10.2 Å². The maximum absolute atomic E-state index is 12.7. The Morgan fingerprint density at radius 2 is 1.55 bits per heavy atom. The van der Waals surface area contributed by atoms with Crippen molar-refractivity contribution in [2.24, 2.45) is 5.10 Å². The zero-order chi connectivity index (χ0) is 23.8. The number of rotatable bonds is 8. The lowest BCUT2D eigenvalue weighted by atomic mass is 10.1. The van der Waals surface area contributed by atoms with Gasteiger partial charge >= 0.3 is 5.97 Å². The molecule has 0 unspecified atom stereocenters. The molecule has 8 nitrogen and oxygen atoms in total. The summed E-state index contributed by atoms with van der Waals surface area (Å²) in [6.45, 7) is 0. The predicted molar refractivity (Wildman–Crippen MR) is 127 cm³/mol. The number of nitrogens with one attached hydrogen (secondary N) is 1. The molecule has 33 heavy (non-hydrogen) atoms. The molecule has 9 heteroatoms. The van der Waals surface area contributed by atoms with E-state index in [2.05, 4.69) is 26.5 Å². The van der Waals surface area contributed by atoms with Gasteiger partial charge in [-0.1, -0.05) is 28.1 Å². The standard InChI is InChI=1S/C24H21BrN2O6/c1-30-20-12-17(13-21(31-2)22(20)32-3)24(29)33-19-6-4-5-15(11-19)14-26-27-23(28)16-7-9-18(25)10-8-16/h4-14H,1-3H3,(H,27,28). The molecule has 3 aromatic rings. The van der Waals surface area contributed by atoms with Crippen LogP contribution in [0.5, 0.6) is 23.0 Å². The molecule has 0 aliphatic rings. The van der Waals surface area contributed by atoms with Crippen molar-refractivity contribution >= 4 is 34.0 Å². The number of carbonyl (C=O) groups excluding carboxylic acids is 2. The van der Waals surface area contributed by atoms with E-state index in [0.29, 0.717) is 34.1 Å². The molecule has 0 aliphatic heterocycles. The zero-order valence-corrected chi connectivity index (χ0v) is 19.7. The minimum absolute atomic E-state index is 0.227. The number of amides is 1. The molecular weight excluding hydrogens is 492 g/mol. The van der Waals surface area contributed by atoms with Crippen LogP contribution in [-0.4, -0.2) is 39.4 Å². The maximum Gasteiger partial charge on any atom is 0.343 e. The van der Waals surface area contributed by atoms with Crippen LogP contribution in [0, 0.1) is 0 Å². The smallest absolute Gasteiger partial charge is 0.343 e. The lowest BCUT2D eigenvalue weighted by Crippen LogP contribution is -2.17. The first-order chi connectivity index (χ1) is 15.9. The summed E-state index contributed by atoms with van der Waals surface area (Å²) in [6, 6.07) is 16.6. The monoisotopic (exact) mass is 512 g/mol. The van der Waals surface area contributed by atoms with E-state index >= 15 is 0 Å². The van der Waals surface area contributed by atoms with E-state index in [1.165, 1.54) is 39.7 Å². The fourth-order valence-corrected chi connectivity index (χ4v) is 3.12. The molecule has 3 rings (SSSR count). The average molecular weight is 513 g/mol. The van der Waals surface area contributed by atoms with Crippen molar-refractivity contribution in [2.45, 2.75) is 0 Å². The van der Waals surface area contributed by atoms with Crippen LogP contribution >= 0.6 is 15.9 Å². The van der Waals surface area contributed by atoms with Crippen molar-refractivity contribution in [1.82, 2.24) is 5.43 Å². The number of halogens is 1. The van der Waals surface area contributed by atoms with Crippen LogP contribution in [0.1, 0.15) is 26.3 Å². The van der Waals surface area contributed by atoms with Crippen LogP contribution in [0.15, 0.2) is 70.2 Å². The third-order valence-electron chi connectivity index (χ3n) is 4.46. The van der Waals surface area contributed by atoms with Gasteiger partial charge in [0.25, 0.3) is 5.91 Å². The SMILES string of the molecule is COc1cc(C(=O)Oc2cccc(C=NNC(=O)c3ccc(Br)cc3)c2)cc(OC)c1OC. The second-order valence-electron chi connectivity index (χ2n) is 6.58. The van der Waals surface area contributed by atoms with Crippen molar-refractivity contribution in [3.05, 3.63) is 81.8 Å². The van der Waals surface area contributed by atoms with E-state index in [4.69, 9.17) is 18.9 Å². The molecule has 3 aromatic carbocycles. The number of esters is 1. The molecule has 0 atom stereocenters. The molecule has 0 aliphatic carbocycles.